The van der Waals surface area contributed by atoms with Gasteiger partial charge in [0.05, 0.1) is 15.0 Å². The van der Waals surface area contributed by atoms with Gasteiger partial charge >= 0.3 is 11.6 Å². The first-order valence-corrected chi connectivity index (χ1v) is 5.88. The quantitative estimate of drug-likeness (QED) is 0.506. The van der Waals surface area contributed by atoms with Crippen molar-refractivity contribution < 1.29 is 9.66 Å². The van der Waals surface area contributed by atoms with E-state index in [1.165, 1.54) is 18.2 Å². The Labute approximate surface area is 122 Å². The number of rotatable bonds is 4. The van der Waals surface area contributed by atoms with Gasteiger partial charge in [-0.15, -0.1) is 0 Å². The van der Waals surface area contributed by atoms with Crippen molar-refractivity contribution in [1.82, 2.24) is 9.97 Å². The Morgan fingerprint density at radius 1 is 1.35 bits per heavy atom. The second-order valence-corrected chi connectivity index (χ2v) is 4.28. The number of benzene rings is 1. The Morgan fingerprint density at radius 2 is 2.10 bits per heavy atom. The molecule has 0 unspecified atom stereocenters. The molecule has 0 saturated heterocycles. The molecule has 10 heteroatoms. The van der Waals surface area contributed by atoms with Crippen molar-refractivity contribution in [1.29, 1.82) is 0 Å². The van der Waals surface area contributed by atoms with Crippen LogP contribution in [0.3, 0.4) is 0 Å². The molecule has 0 aliphatic carbocycles. The predicted octanol–water partition coefficient (Wildman–Crippen LogP) is 2.77. The van der Waals surface area contributed by atoms with Crippen molar-refractivity contribution in [2.75, 3.05) is 5.43 Å². The minimum atomic E-state index is -0.673. The lowest BCUT2D eigenvalue weighted by molar-refractivity contribution is -0.386. The maximum absolute atomic E-state index is 10.9. The first-order valence-electron chi connectivity index (χ1n) is 5.12. The molecule has 2 rings (SSSR count). The first-order chi connectivity index (χ1) is 9.51. The molecule has 0 atom stereocenters. The third kappa shape index (κ3) is 3.05. The summed E-state index contributed by atoms with van der Waals surface area (Å²) in [4.78, 5) is 17.6. The van der Waals surface area contributed by atoms with E-state index in [0.29, 0.717) is 5.02 Å². The molecule has 0 aliphatic heterocycles. The van der Waals surface area contributed by atoms with Gasteiger partial charge < -0.3 is 4.74 Å². The fourth-order valence-electron chi connectivity index (χ4n) is 1.28. The highest BCUT2D eigenvalue weighted by Crippen LogP contribution is 2.32. The second kappa shape index (κ2) is 5.87. The average Bonchev–Trinajstić information content (AvgIpc) is 2.42. The predicted molar refractivity (Wildman–Crippen MR) is 73.0 cm³/mol. The van der Waals surface area contributed by atoms with Gasteiger partial charge in [0.25, 0.3) is 0 Å². The topological polar surface area (TPSA) is 116 Å². The van der Waals surface area contributed by atoms with Gasteiger partial charge in [-0.2, -0.15) is 4.98 Å². The summed E-state index contributed by atoms with van der Waals surface area (Å²) in [6.45, 7) is 0. The summed E-state index contributed by atoms with van der Waals surface area (Å²) >= 11 is 11.6. The summed E-state index contributed by atoms with van der Waals surface area (Å²) in [5.74, 6) is 5.09. The Hall–Kier alpha value is -2.16. The molecular weight excluding hydrogens is 309 g/mol. The largest absolute Gasteiger partial charge is 0.434 e. The van der Waals surface area contributed by atoms with Crippen LogP contribution >= 0.6 is 23.2 Å². The first kappa shape index (κ1) is 14.3. The Morgan fingerprint density at radius 3 is 2.70 bits per heavy atom. The van der Waals surface area contributed by atoms with Crippen LogP contribution in [-0.4, -0.2) is 14.9 Å². The highest BCUT2D eigenvalue weighted by Gasteiger charge is 2.19. The van der Waals surface area contributed by atoms with E-state index >= 15 is 0 Å². The average molecular weight is 316 g/mol. The number of aromatic nitrogens is 2. The van der Waals surface area contributed by atoms with Crippen LogP contribution in [0, 0.1) is 10.1 Å². The second-order valence-electron chi connectivity index (χ2n) is 3.46. The van der Waals surface area contributed by atoms with Gasteiger partial charge in [-0.25, -0.2) is 10.8 Å². The molecule has 0 bridgehead atoms. The number of nitrogens with two attached hydrogens (primary N) is 1. The highest BCUT2D eigenvalue weighted by molar-refractivity contribution is 6.42. The molecule has 3 N–H and O–H groups in total. The van der Waals surface area contributed by atoms with Crippen molar-refractivity contribution in [2.45, 2.75) is 0 Å². The molecule has 8 nitrogen and oxygen atoms in total. The van der Waals surface area contributed by atoms with E-state index in [4.69, 9.17) is 33.8 Å². The number of anilines is 1. The van der Waals surface area contributed by atoms with E-state index in [1.54, 1.807) is 0 Å². The van der Waals surface area contributed by atoms with Crippen molar-refractivity contribution >= 4 is 34.8 Å². The van der Waals surface area contributed by atoms with Gasteiger partial charge in [-0.05, 0) is 12.1 Å². The Balaban J connectivity index is 2.40. The number of hydrazine groups is 1. The molecule has 0 fully saturated rings. The van der Waals surface area contributed by atoms with E-state index < -0.39 is 10.6 Å². The molecule has 104 valence electrons. The lowest BCUT2D eigenvalue weighted by Crippen LogP contribution is -2.11. The number of nitro groups is 1. The van der Waals surface area contributed by atoms with Crippen LogP contribution in [-0.2, 0) is 0 Å². The van der Waals surface area contributed by atoms with Crippen LogP contribution in [0.25, 0.3) is 0 Å². The zero-order chi connectivity index (χ0) is 14.7. The lowest BCUT2D eigenvalue weighted by Gasteiger charge is -2.07. The van der Waals surface area contributed by atoms with Gasteiger partial charge in [-0.1, -0.05) is 23.2 Å². The van der Waals surface area contributed by atoms with Gasteiger partial charge in [0.1, 0.15) is 11.9 Å². The zero-order valence-electron chi connectivity index (χ0n) is 9.71. The summed E-state index contributed by atoms with van der Waals surface area (Å²) < 4.78 is 5.32. The molecule has 0 aliphatic rings. The number of nitrogen functional groups attached to an aromatic ring is 1. The Bertz CT molecular complexity index is 667. The van der Waals surface area contributed by atoms with Crippen molar-refractivity contribution in [3.63, 3.8) is 0 Å². The molecular formula is C10H7Cl2N5O3. The summed E-state index contributed by atoms with van der Waals surface area (Å²) in [6, 6.07) is 4.40. The molecule has 1 heterocycles. The van der Waals surface area contributed by atoms with Gasteiger partial charge in [0.2, 0.25) is 5.95 Å². The monoisotopic (exact) mass is 315 g/mol. The number of nitrogens with one attached hydrogen (secondary N) is 1. The minimum absolute atomic E-state index is 0.0225. The van der Waals surface area contributed by atoms with Crippen LogP contribution in [0.15, 0.2) is 24.4 Å². The number of ether oxygens (including phenoxy) is 1. The fraction of sp³-hybridized carbons (Fsp3) is 0. The van der Waals surface area contributed by atoms with Gasteiger partial charge in [0, 0.05) is 6.07 Å². The molecule has 1 aromatic heterocycles. The van der Waals surface area contributed by atoms with Crippen LogP contribution in [0.1, 0.15) is 0 Å². The number of nitrogens with zero attached hydrogens (tertiary/aromatic N) is 3. The maximum atomic E-state index is 10.9. The van der Waals surface area contributed by atoms with Crippen LogP contribution in [0.2, 0.25) is 10.0 Å². The molecule has 0 radical (unpaired) electrons. The third-order valence-electron chi connectivity index (χ3n) is 2.17. The number of hydrogen-bond donors (Lipinski definition) is 2. The number of hydrogen-bond acceptors (Lipinski definition) is 7. The molecule has 0 spiro atoms. The van der Waals surface area contributed by atoms with Crippen LogP contribution < -0.4 is 16.0 Å². The number of halogens is 2. The van der Waals surface area contributed by atoms with Crippen molar-refractivity contribution in [3.05, 3.63) is 44.6 Å². The SMILES string of the molecule is NNc1ncc([N+](=O)[O-])c(Oc2ccc(Cl)c(Cl)c2)n1. The molecule has 20 heavy (non-hydrogen) atoms. The summed E-state index contributed by atoms with van der Waals surface area (Å²) in [6.07, 6.45) is 0.981. The van der Waals surface area contributed by atoms with Gasteiger partial charge in [-0.3, -0.25) is 15.5 Å². The Kier molecular flexibility index (Phi) is 4.18. The van der Waals surface area contributed by atoms with E-state index in [1.807, 2.05) is 0 Å². The van der Waals surface area contributed by atoms with Crippen LogP contribution in [0.5, 0.6) is 11.6 Å². The standard InChI is InChI=1S/C10H7Cl2N5O3/c11-6-2-1-5(3-7(6)12)20-9-8(17(18)19)4-14-10(15-9)16-13/h1-4H,13H2,(H,14,15,16). The summed E-state index contributed by atoms with van der Waals surface area (Å²) in [5.41, 5.74) is 1.76. The molecule has 0 saturated carbocycles. The van der Waals surface area contributed by atoms with Crippen LogP contribution in [0.4, 0.5) is 11.6 Å². The van der Waals surface area contributed by atoms with E-state index in [2.05, 4.69) is 15.4 Å². The maximum Gasteiger partial charge on any atom is 0.349 e. The lowest BCUT2D eigenvalue weighted by atomic mass is 10.3. The molecule has 1 aromatic carbocycles. The van der Waals surface area contributed by atoms with E-state index in [0.717, 1.165) is 6.20 Å². The van der Waals surface area contributed by atoms with Crippen molar-refractivity contribution in [3.8, 4) is 11.6 Å². The van der Waals surface area contributed by atoms with Gasteiger partial charge in [0.15, 0.2) is 0 Å². The smallest absolute Gasteiger partial charge is 0.349 e. The summed E-state index contributed by atoms with van der Waals surface area (Å²) in [7, 11) is 0. The fourth-order valence-corrected chi connectivity index (χ4v) is 1.57. The highest BCUT2D eigenvalue weighted by atomic mass is 35.5. The molecule has 0 amide bonds. The van der Waals surface area contributed by atoms with E-state index in [9.17, 15) is 10.1 Å². The zero-order valence-corrected chi connectivity index (χ0v) is 11.2. The molecule has 2 aromatic rings. The normalized spacial score (nSPS) is 10.2. The van der Waals surface area contributed by atoms with Crippen molar-refractivity contribution in [2.24, 2.45) is 5.84 Å². The summed E-state index contributed by atoms with van der Waals surface area (Å²) in [5, 5.41) is 11.5. The van der Waals surface area contributed by atoms with E-state index in [-0.39, 0.29) is 22.6 Å². The minimum Gasteiger partial charge on any atom is -0.434 e. The third-order valence-corrected chi connectivity index (χ3v) is 2.91.